The number of carbonyl (C=O) groups excluding carboxylic acids is 2. The minimum absolute atomic E-state index is 0.127. The summed E-state index contributed by atoms with van der Waals surface area (Å²) in [7, 11) is 5.16. The van der Waals surface area contributed by atoms with Gasteiger partial charge in [-0.05, 0) is 75.5 Å². The standard InChI is InChI=1S/C33H39N7O5/c1-33(43)13-11-23(12-14-33)45-31-27-24(19-5-7-20(8-6-19)29(41)34-2)16-35-28(27)38-32(39-31)37-25-10-9-21(15-26(25)44-4)30(42)36-22-17-40(3)18-22/h5-10,15-16,22-23,43H,11-14,17-18H2,1-4H3,(H,34,41)(H,36,42)(H2,35,37,38,39)/t23-,33+. The fourth-order valence-electron chi connectivity index (χ4n) is 5.92. The van der Waals surface area contributed by atoms with Crippen molar-refractivity contribution in [3.63, 3.8) is 0 Å². The van der Waals surface area contributed by atoms with E-state index in [1.807, 2.05) is 32.3 Å². The Balaban J connectivity index is 1.31. The van der Waals surface area contributed by atoms with Gasteiger partial charge in [-0.15, -0.1) is 0 Å². The molecule has 1 aliphatic carbocycles. The molecule has 0 spiro atoms. The summed E-state index contributed by atoms with van der Waals surface area (Å²) < 4.78 is 12.2. The number of nitrogens with zero attached hydrogens (tertiary/aromatic N) is 3. The van der Waals surface area contributed by atoms with Crippen LogP contribution in [-0.2, 0) is 0 Å². The fraction of sp³-hybridized carbons (Fsp3) is 0.394. The van der Waals surface area contributed by atoms with Crippen molar-refractivity contribution in [3.8, 4) is 22.8 Å². The van der Waals surface area contributed by atoms with Gasteiger partial charge < -0.3 is 40.4 Å². The quantitative estimate of drug-likeness (QED) is 0.189. The number of carbonyl (C=O) groups is 2. The highest BCUT2D eigenvalue weighted by atomic mass is 16.5. The first-order valence-corrected chi connectivity index (χ1v) is 15.2. The van der Waals surface area contributed by atoms with Crippen LogP contribution in [0.2, 0.25) is 0 Å². The Hall–Kier alpha value is -4.68. The second kappa shape index (κ2) is 12.4. The summed E-state index contributed by atoms with van der Waals surface area (Å²) in [5, 5.41) is 20.1. The molecule has 0 bridgehead atoms. The summed E-state index contributed by atoms with van der Waals surface area (Å²) in [4.78, 5) is 39.9. The van der Waals surface area contributed by atoms with Crippen LogP contribution in [0.15, 0.2) is 48.7 Å². The summed E-state index contributed by atoms with van der Waals surface area (Å²) in [5.41, 5.74) is 3.22. The summed E-state index contributed by atoms with van der Waals surface area (Å²) in [6, 6.07) is 12.6. The predicted molar refractivity (Wildman–Crippen MR) is 171 cm³/mol. The maximum atomic E-state index is 12.8. The lowest BCUT2D eigenvalue weighted by molar-refractivity contribution is -0.0114. The van der Waals surface area contributed by atoms with E-state index < -0.39 is 5.60 Å². The van der Waals surface area contributed by atoms with Crippen LogP contribution in [0, 0.1) is 0 Å². The number of aliphatic hydroxyl groups is 1. The van der Waals surface area contributed by atoms with Gasteiger partial charge in [0.15, 0.2) is 0 Å². The molecule has 12 heteroatoms. The maximum Gasteiger partial charge on any atom is 0.251 e. The lowest BCUT2D eigenvalue weighted by atomic mass is 9.85. The second-order valence-electron chi connectivity index (χ2n) is 12.2. The molecular weight excluding hydrogens is 574 g/mol. The van der Waals surface area contributed by atoms with E-state index in [4.69, 9.17) is 19.4 Å². The van der Waals surface area contributed by atoms with Crippen LogP contribution in [0.5, 0.6) is 11.6 Å². The predicted octanol–water partition coefficient (Wildman–Crippen LogP) is 3.85. The van der Waals surface area contributed by atoms with Crippen molar-refractivity contribution in [2.75, 3.05) is 39.6 Å². The molecule has 45 heavy (non-hydrogen) atoms. The molecule has 2 fully saturated rings. The molecule has 0 radical (unpaired) electrons. The van der Waals surface area contributed by atoms with E-state index in [1.54, 1.807) is 44.5 Å². The van der Waals surface area contributed by atoms with Gasteiger partial charge >= 0.3 is 0 Å². The number of hydrogen-bond donors (Lipinski definition) is 5. The Kier molecular flexibility index (Phi) is 8.34. The first-order chi connectivity index (χ1) is 21.6. The molecule has 4 aromatic rings. The number of fused-ring (bicyclic) bond motifs is 1. The molecule has 1 saturated heterocycles. The molecule has 236 valence electrons. The molecule has 0 unspecified atom stereocenters. The summed E-state index contributed by atoms with van der Waals surface area (Å²) >= 11 is 0. The van der Waals surface area contributed by atoms with Gasteiger partial charge in [0.25, 0.3) is 11.8 Å². The number of H-pyrrole nitrogens is 1. The van der Waals surface area contributed by atoms with E-state index in [-0.39, 0.29) is 29.9 Å². The average Bonchev–Trinajstić information content (AvgIpc) is 3.45. The molecule has 2 aliphatic rings. The van der Waals surface area contributed by atoms with Gasteiger partial charge in [0.05, 0.1) is 29.8 Å². The number of methoxy groups -OCH3 is 1. The number of likely N-dealkylation sites (N-methyl/N-ethyl adjacent to an activating group) is 1. The van der Waals surface area contributed by atoms with Gasteiger partial charge in [-0.2, -0.15) is 9.97 Å². The molecule has 3 heterocycles. The van der Waals surface area contributed by atoms with Gasteiger partial charge in [-0.1, -0.05) is 12.1 Å². The van der Waals surface area contributed by atoms with Crippen molar-refractivity contribution >= 4 is 34.5 Å². The van der Waals surface area contributed by atoms with Crippen molar-refractivity contribution in [2.24, 2.45) is 0 Å². The maximum absolute atomic E-state index is 12.8. The van der Waals surface area contributed by atoms with Crippen LogP contribution < -0.4 is 25.4 Å². The molecule has 12 nitrogen and oxygen atoms in total. The SMILES string of the molecule is CNC(=O)c1ccc(-c2c[nH]c3nc(Nc4ccc(C(=O)NC5CN(C)C5)cc4OC)nc(O[C@H]4CC[C@@](C)(O)CC4)c23)cc1. The molecule has 6 rings (SSSR count). The van der Waals surface area contributed by atoms with Crippen molar-refractivity contribution in [3.05, 3.63) is 59.8 Å². The number of ether oxygens (including phenoxy) is 2. The normalized spacial score (nSPS) is 20.3. The minimum Gasteiger partial charge on any atom is -0.495 e. The number of anilines is 2. The molecule has 2 aromatic carbocycles. The Morgan fingerprint density at radius 2 is 1.76 bits per heavy atom. The molecule has 0 atom stereocenters. The van der Waals surface area contributed by atoms with Crippen molar-refractivity contribution in [1.29, 1.82) is 0 Å². The Labute approximate surface area is 261 Å². The molecule has 2 aromatic heterocycles. The topological polar surface area (TPSA) is 154 Å². The van der Waals surface area contributed by atoms with Crippen molar-refractivity contribution in [1.82, 2.24) is 30.5 Å². The zero-order valence-electron chi connectivity index (χ0n) is 25.9. The van der Waals surface area contributed by atoms with Gasteiger partial charge in [-0.3, -0.25) is 9.59 Å². The Morgan fingerprint density at radius 3 is 2.42 bits per heavy atom. The number of hydrogen-bond acceptors (Lipinski definition) is 9. The lowest BCUT2D eigenvalue weighted by Gasteiger charge is -2.36. The van der Waals surface area contributed by atoms with Crippen LogP contribution in [0.3, 0.4) is 0 Å². The molecular formula is C33H39N7O5. The summed E-state index contributed by atoms with van der Waals surface area (Å²) in [5.74, 6) is 0.849. The van der Waals surface area contributed by atoms with E-state index in [0.717, 1.165) is 24.2 Å². The van der Waals surface area contributed by atoms with Crippen LogP contribution in [0.1, 0.15) is 53.3 Å². The van der Waals surface area contributed by atoms with E-state index in [1.165, 1.54) is 0 Å². The van der Waals surface area contributed by atoms with Crippen LogP contribution in [-0.4, -0.2) is 88.8 Å². The third-order valence-electron chi connectivity index (χ3n) is 8.58. The third kappa shape index (κ3) is 6.57. The van der Waals surface area contributed by atoms with Gasteiger partial charge in [0.1, 0.15) is 17.5 Å². The van der Waals surface area contributed by atoms with Crippen molar-refractivity contribution in [2.45, 2.75) is 50.4 Å². The van der Waals surface area contributed by atoms with Crippen LogP contribution in [0.25, 0.3) is 22.2 Å². The first-order valence-electron chi connectivity index (χ1n) is 15.2. The minimum atomic E-state index is -0.701. The van der Waals surface area contributed by atoms with Crippen molar-refractivity contribution < 1.29 is 24.2 Å². The van der Waals surface area contributed by atoms with Gasteiger partial charge in [0.2, 0.25) is 11.8 Å². The average molecular weight is 614 g/mol. The third-order valence-corrected chi connectivity index (χ3v) is 8.58. The van der Waals surface area contributed by atoms with Gasteiger partial charge in [-0.25, -0.2) is 0 Å². The second-order valence-corrected chi connectivity index (χ2v) is 12.2. The highest BCUT2D eigenvalue weighted by Gasteiger charge is 2.31. The Morgan fingerprint density at radius 1 is 1.04 bits per heavy atom. The Bertz CT molecular complexity index is 1700. The van der Waals surface area contributed by atoms with Gasteiger partial charge in [0, 0.05) is 43.0 Å². The van der Waals surface area contributed by atoms with Crippen LogP contribution >= 0.6 is 0 Å². The largest absolute Gasteiger partial charge is 0.495 e. The summed E-state index contributed by atoms with van der Waals surface area (Å²) in [6.07, 6.45) is 4.37. The number of amides is 2. The molecule has 2 amide bonds. The van der Waals surface area contributed by atoms with E-state index >= 15 is 0 Å². The van der Waals surface area contributed by atoms with E-state index in [9.17, 15) is 14.7 Å². The smallest absolute Gasteiger partial charge is 0.251 e. The van der Waals surface area contributed by atoms with E-state index in [2.05, 4.69) is 25.8 Å². The van der Waals surface area contributed by atoms with Crippen LogP contribution in [0.4, 0.5) is 11.6 Å². The number of rotatable bonds is 9. The zero-order chi connectivity index (χ0) is 31.7. The fourth-order valence-corrected chi connectivity index (χ4v) is 5.92. The monoisotopic (exact) mass is 613 g/mol. The zero-order valence-corrected chi connectivity index (χ0v) is 25.9. The first kappa shape index (κ1) is 30.4. The molecule has 5 N–H and O–H groups in total. The lowest BCUT2D eigenvalue weighted by Crippen LogP contribution is -2.57. The molecule has 1 aliphatic heterocycles. The number of likely N-dealkylation sites (tertiary alicyclic amines) is 1. The highest BCUT2D eigenvalue weighted by Crippen LogP contribution is 2.38. The summed E-state index contributed by atoms with van der Waals surface area (Å²) in [6.45, 7) is 3.51. The van der Waals surface area contributed by atoms with E-state index in [0.29, 0.717) is 65.2 Å². The molecule has 1 saturated carbocycles. The number of aromatic nitrogens is 3. The highest BCUT2D eigenvalue weighted by molar-refractivity contribution is 5.99. The number of aromatic amines is 1. The number of benzene rings is 2. The number of nitrogens with one attached hydrogen (secondary N) is 4.